The zero-order valence-electron chi connectivity index (χ0n) is 10.4. The van der Waals surface area contributed by atoms with Gasteiger partial charge in [0.15, 0.2) is 0 Å². The van der Waals surface area contributed by atoms with Crippen molar-refractivity contribution in [1.82, 2.24) is 9.88 Å². The number of hydrogen-bond acceptors (Lipinski definition) is 3. The molecule has 0 saturated carbocycles. The number of hydrogen-bond donors (Lipinski definition) is 1. The molecule has 0 aliphatic carbocycles. The van der Waals surface area contributed by atoms with Crippen molar-refractivity contribution in [3.8, 4) is 0 Å². The molecule has 2 heterocycles. The molecule has 1 aliphatic rings. The molecule has 92 valence electrons. The van der Waals surface area contributed by atoms with Gasteiger partial charge in [0.25, 0.3) is 5.91 Å². The number of nitrogens with zero attached hydrogens (tertiary/aromatic N) is 2. The van der Waals surface area contributed by atoms with Crippen LogP contribution in [0.25, 0.3) is 0 Å². The number of anilines is 1. The maximum Gasteiger partial charge on any atom is 0.257 e. The van der Waals surface area contributed by atoms with Crippen molar-refractivity contribution in [3.63, 3.8) is 0 Å². The van der Waals surface area contributed by atoms with Crippen molar-refractivity contribution in [2.45, 2.75) is 20.3 Å². The van der Waals surface area contributed by atoms with Crippen LogP contribution in [0.5, 0.6) is 0 Å². The summed E-state index contributed by atoms with van der Waals surface area (Å²) in [5.41, 5.74) is 1.57. The normalized spacial score (nSPS) is 19.4. The molecule has 0 bridgehead atoms. The molecule has 17 heavy (non-hydrogen) atoms. The third kappa shape index (κ3) is 2.57. The van der Waals surface area contributed by atoms with E-state index in [0.29, 0.717) is 11.5 Å². The molecular weight excluding hydrogens is 214 g/mol. The van der Waals surface area contributed by atoms with Crippen molar-refractivity contribution in [2.24, 2.45) is 5.92 Å². The zero-order chi connectivity index (χ0) is 12.3. The highest BCUT2D eigenvalue weighted by atomic mass is 16.2. The molecule has 1 fully saturated rings. The van der Waals surface area contributed by atoms with Gasteiger partial charge in [-0.25, -0.2) is 0 Å². The maximum atomic E-state index is 12.3. The average molecular weight is 233 g/mol. The quantitative estimate of drug-likeness (QED) is 0.868. The maximum absolute atomic E-state index is 12.3. The van der Waals surface area contributed by atoms with Crippen LogP contribution >= 0.6 is 0 Å². The smallest absolute Gasteiger partial charge is 0.257 e. The van der Waals surface area contributed by atoms with E-state index in [1.165, 1.54) is 0 Å². The minimum Gasteiger partial charge on any atom is -0.385 e. The topological polar surface area (TPSA) is 45.2 Å². The summed E-state index contributed by atoms with van der Waals surface area (Å²) < 4.78 is 0. The average Bonchev–Trinajstić information content (AvgIpc) is 2.76. The minimum atomic E-state index is 0.0957. The van der Waals surface area contributed by atoms with Crippen molar-refractivity contribution in [3.05, 3.63) is 24.0 Å². The third-order valence-corrected chi connectivity index (χ3v) is 3.13. The fourth-order valence-corrected chi connectivity index (χ4v) is 2.20. The van der Waals surface area contributed by atoms with Crippen molar-refractivity contribution < 1.29 is 4.79 Å². The van der Waals surface area contributed by atoms with Crippen LogP contribution in [0.2, 0.25) is 0 Å². The Kier molecular flexibility index (Phi) is 3.61. The van der Waals surface area contributed by atoms with Crippen LogP contribution in [-0.2, 0) is 0 Å². The number of nitrogens with one attached hydrogen (secondary N) is 1. The van der Waals surface area contributed by atoms with Crippen LogP contribution in [0.1, 0.15) is 30.6 Å². The lowest BCUT2D eigenvalue weighted by atomic mass is 10.2. The van der Waals surface area contributed by atoms with E-state index in [2.05, 4.69) is 17.2 Å². The van der Waals surface area contributed by atoms with Gasteiger partial charge in [-0.2, -0.15) is 0 Å². The fraction of sp³-hybridized carbons (Fsp3) is 0.538. The molecule has 1 aromatic heterocycles. The number of amides is 1. The first kappa shape index (κ1) is 11.9. The Morgan fingerprint density at radius 3 is 3.12 bits per heavy atom. The molecule has 1 N–H and O–H groups in total. The van der Waals surface area contributed by atoms with Gasteiger partial charge in [0.2, 0.25) is 0 Å². The highest BCUT2D eigenvalue weighted by Gasteiger charge is 2.25. The first-order valence-electron chi connectivity index (χ1n) is 6.19. The number of likely N-dealkylation sites (tertiary alicyclic amines) is 1. The number of carbonyl (C=O) groups excluding carboxylic acids is 1. The highest BCUT2D eigenvalue weighted by molar-refractivity contribution is 5.99. The molecule has 1 saturated heterocycles. The molecule has 1 aromatic rings. The number of aromatic nitrogens is 1. The standard InChI is InChI=1S/C13H19N3O/c1-3-15-12-4-6-14-8-11(12)13(17)16-7-5-10(2)9-16/h4,6,8,10H,3,5,7,9H2,1-2H3,(H,14,15). The van der Waals surface area contributed by atoms with Gasteiger partial charge in [0, 0.05) is 32.0 Å². The summed E-state index contributed by atoms with van der Waals surface area (Å²) >= 11 is 0. The second kappa shape index (κ2) is 5.17. The van der Waals surface area contributed by atoms with Crippen molar-refractivity contribution >= 4 is 11.6 Å². The Bertz CT molecular complexity index is 405. The van der Waals surface area contributed by atoms with Gasteiger partial charge in [-0.05, 0) is 25.3 Å². The van der Waals surface area contributed by atoms with E-state index < -0.39 is 0 Å². The van der Waals surface area contributed by atoms with Crippen LogP contribution < -0.4 is 5.32 Å². The Balaban J connectivity index is 2.18. The summed E-state index contributed by atoms with van der Waals surface area (Å²) in [6.45, 7) is 6.73. The second-order valence-corrected chi connectivity index (χ2v) is 4.60. The Hall–Kier alpha value is -1.58. The Labute approximate surface area is 102 Å². The van der Waals surface area contributed by atoms with E-state index in [4.69, 9.17) is 0 Å². The molecule has 0 radical (unpaired) electrons. The van der Waals surface area contributed by atoms with Crippen molar-refractivity contribution in [1.29, 1.82) is 0 Å². The molecule has 4 heteroatoms. The van der Waals surface area contributed by atoms with Gasteiger partial charge in [0.1, 0.15) is 0 Å². The number of carbonyl (C=O) groups is 1. The van der Waals surface area contributed by atoms with Crippen LogP contribution in [0.4, 0.5) is 5.69 Å². The first-order valence-corrected chi connectivity index (χ1v) is 6.19. The van der Waals surface area contributed by atoms with E-state index in [1.807, 2.05) is 17.9 Å². The van der Waals surface area contributed by atoms with E-state index in [9.17, 15) is 4.79 Å². The van der Waals surface area contributed by atoms with E-state index >= 15 is 0 Å². The summed E-state index contributed by atoms with van der Waals surface area (Å²) in [5, 5.41) is 3.20. The van der Waals surface area contributed by atoms with Gasteiger partial charge >= 0.3 is 0 Å². The number of rotatable bonds is 3. The van der Waals surface area contributed by atoms with Gasteiger partial charge in [-0.15, -0.1) is 0 Å². The van der Waals surface area contributed by atoms with Crippen LogP contribution in [-0.4, -0.2) is 35.4 Å². The zero-order valence-corrected chi connectivity index (χ0v) is 10.4. The fourth-order valence-electron chi connectivity index (χ4n) is 2.20. The van der Waals surface area contributed by atoms with Crippen LogP contribution in [0.3, 0.4) is 0 Å². The van der Waals surface area contributed by atoms with Crippen LogP contribution in [0.15, 0.2) is 18.5 Å². The van der Waals surface area contributed by atoms with E-state index in [-0.39, 0.29) is 5.91 Å². The lowest BCUT2D eigenvalue weighted by Gasteiger charge is -2.18. The molecule has 0 spiro atoms. The predicted molar refractivity (Wildman–Crippen MR) is 68.1 cm³/mol. The summed E-state index contributed by atoms with van der Waals surface area (Å²) in [6, 6.07) is 1.86. The minimum absolute atomic E-state index is 0.0957. The van der Waals surface area contributed by atoms with Gasteiger partial charge < -0.3 is 10.2 Å². The van der Waals surface area contributed by atoms with Crippen molar-refractivity contribution in [2.75, 3.05) is 25.0 Å². The monoisotopic (exact) mass is 233 g/mol. The molecule has 1 aliphatic heterocycles. The third-order valence-electron chi connectivity index (χ3n) is 3.13. The SMILES string of the molecule is CCNc1ccncc1C(=O)N1CCC(C)C1. The van der Waals surface area contributed by atoms with Crippen LogP contribution in [0, 0.1) is 5.92 Å². The molecule has 1 atom stereocenters. The Morgan fingerprint density at radius 1 is 1.65 bits per heavy atom. The summed E-state index contributed by atoms with van der Waals surface area (Å²) in [6.07, 6.45) is 4.47. The molecule has 1 unspecified atom stereocenters. The summed E-state index contributed by atoms with van der Waals surface area (Å²) in [4.78, 5) is 18.3. The van der Waals surface area contributed by atoms with E-state index in [1.54, 1.807) is 12.4 Å². The van der Waals surface area contributed by atoms with Gasteiger partial charge in [-0.3, -0.25) is 9.78 Å². The van der Waals surface area contributed by atoms with Gasteiger partial charge in [0.05, 0.1) is 11.3 Å². The molecule has 2 rings (SSSR count). The lowest BCUT2D eigenvalue weighted by Crippen LogP contribution is -2.29. The molecule has 1 amide bonds. The summed E-state index contributed by atoms with van der Waals surface area (Å²) in [7, 11) is 0. The lowest BCUT2D eigenvalue weighted by molar-refractivity contribution is 0.0788. The predicted octanol–water partition coefficient (Wildman–Crippen LogP) is 2.00. The first-order chi connectivity index (χ1) is 8.22. The largest absolute Gasteiger partial charge is 0.385 e. The molecule has 0 aromatic carbocycles. The number of pyridine rings is 1. The Morgan fingerprint density at radius 2 is 2.47 bits per heavy atom. The van der Waals surface area contributed by atoms with Gasteiger partial charge in [-0.1, -0.05) is 6.92 Å². The highest BCUT2D eigenvalue weighted by Crippen LogP contribution is 2.21. The second-order valence-electron chi connectivity index (χ2n) is 4.60. The summed E-state index contributed by atoms with van der Waals surface area (Å²) in [5.74, 6) is 0.705. The van der Waals surface area contributed by atoms with E-state index in [0.717, 1.165) is 31.7 Å². The molecule has 4 nitrogen and oxygen atoms in total. The molecular formula is C13H19N3O.